The minimum Gasteiger partial charge on any atom is -0.309 e. The van der Waals surface area contributed by atoms with Crippen molar-refractivity contribution in [1.29, 1.82) is 0 Å². The molecule has 0 fully saturated rings. The topological polar surface area (TPSA) is 60.9 Å². The van der Waals surface area contributed by atoms with Gasteiger partial charge in [0.2, 0.25) is 0 Å². The van der Waals surface area contributed by atoms with Crippen LogP contribution in [-0.4, -0.2) is 29.1 Å². The van der Waals surface area contributed by atoms with E-state index in [2.05, 4.69) is 221 Å². The van der Waals surface area contributed by atoms with Crippen molar-refractivity contribution in [3.63, 3.8) is 0 Å². The van der Waals surface area contributed by atoms with Crippen LogP contribution in [0.5, 0.6) is 0 Å². The van der Waals surface area contributed by atoms with Gasteiger partial charge in [-0.05, 0) is 76.7 Å². The lowest BCUT2D eigenvalue weighted by Crippen LogP contribution is -2.00. The van der Waals surface area contributed by atoms with Gasteiger partial charge < -0.3 is 4.57 Å². The van der Waals surface area contributed by atoms with E-state index in [1.807, 2.05) is 30.3 Å². The van der Waals surface area contributed by atoms with Gasteiger partial charge in [0.25, 0.3) is 0 Å². The first-order chi connectivity index (χ1) is 33.7. The van der Waals surface area contributed by atoms with E-state index in [0.717, 1.165) is 83.4 Å². The molecule has 0 N–H and O–H groups in total. The zero-order valence-corrected chi connectivity index (χ0v) is 36.8. The number of pyridine rings is 1. The van der Waals surface area contributed by atoms with Gasteiger partial charge in [0.1, 0.15) is 5.69 Å². The largest absolute Gasteiger partial charge is 0.309 e. The van der Waals surface area contributed by atoms with Crippen molar-refractivity contribution in [3.05, 3.63) is 243 Å². The summed E-state index contributed by atoms with van der Waals surface area (Å²) in [6, 6.07) is 85.1. The van der Waals surface area contributed by atoms with Crippen LogP contribution < -0.4 is 0 Å². The average Bonchev–Trinajstić information content (AvgIpc) is 3.99. The summed E-state index contributed by atoms with van der Waals surface area (Å²) in [6.45, 7) is 0. The molecule has 4 aromatic heterocycles. The van der Waals surface area contributed by atoms with Crippen LogP contribution in [0.25, 0.3) is 123 Å². The minimum atomic E-state index is 0.604. The van der Waals surface area contributed by atoms with Gasteiger partial charge in [-0.2, -0.15) is 5.10 Å². The van der Waals surface area contributed by atoms with Crippen LogP contribution in [0.2, 0.25) is 0 Å². The highest BCUT2D eigenvalue weighted by atomic mass is 15.2. The number of benzene rings is 9. The molecule has 0 amide bonds. The van der Waals surface area contributed by atoms with Crippen molar-refractivity contribution in [1.82, 2.24) is 29.1 Å². The molecule has 0 atom stereocenters. The predicted molar refractivity (Wildman–Crippen MR) is 278 cm³/mol. The van der Waals surface area contributed by atoms with Crippen LogP contribution in [0.3, 0.4) is 0 Å². The summed E-state index contributed by atoms with van der Waals surface area (Å²) in [5, 5.41) is 10.1. The standard InChI is InChI=1S/C62H40N6/c1-5-18-41(19-6-1)56-40-48-33-32-47(39-53(48)59-57(42-20-7-2-8-21-42)58(66-68(56)59)43-22-9-3-10-23-43)46-26-17-27-49(38-46)62-64-60(44-24-11-4-12-25-44)63-61(65-62)45-34-36-50(37-35-45)67-54-30-15-13-28-51(54)52-29-14-16-31-55(52)67/h1-40H. The lowest BCUT2D eigenvalue weighted by atomic mass is 9.94. The summed E-state index contributed by atoms with van der Waals surface area (Å²) in [5.41, 5.74) is 15.7. The van der Waals surface area contributed by atoms with Crippen LogP contribution in [0, 0.1) is 0 Å². The number of aromatic nitrogens is 6. The Hall–Kier alpha value is -9.26. The maximum atomic E-state index is 5.44. The highest BCUT2D eigenvalue weighted by molar-refractivity contribution is 6.10. The van der Waals surface area contributed by atoms with Gasteiger partial charge in [0.05, 0.1) is 22.2 Å². The van der Waals surface area contributed by atoms with E-state index in [4.69, 9.17) is 20.1 Å². The summed E-state index contributed by atoms with van der Waals surface area (Å²) < 4.78 is 4.47. The second-order valence-corrected chi connectivity index (χ2v) is 17.1. The molecule has 4 heterocycles. The fourth-order valence-electron chi connectivity index (χ4n) is 9.76. The first-order valence-electron chi connectivity index (χ1n) is 22.9. The first-order valence-corrected chi connectivity index (χ1v) is 22.9. The maximum Gasteiger partial charge on any atom is 0.164 e. The Morgan fingerprint density at radius 3 is 1.41 bits per heavy atom. The number of nitrogens with zero attached hydrogens (tertiary/aromatic N) is 6. The van der Waals surface area contributed by atoms with Crippen LogP contribution >= 0.6 is 0 Å². The fraction of sp³-hybridized carbons (Fsp3) is 0. The Morgan fingerprint density at radius 2 is 0.779 bits per heavy atom. The number of hydrogen-bond donors (Lipinski definition) is 0. The zero-order valence-electron chi connectivity index (χ0n) is 36.8. The van der Waals surface area contributed by atoms with Gasteiger partial charge in [0.15, 0.2) is 17.5 Å². The molecular weight excluding hydrogens is 829 g/mol. The highest BCUT2D eigenvalue weighted by Crippen LogP contribution is 2.42. The monoisotopic (exact) mass is 868 g/mol. The Balaban J connectivity index is 0.953. The van der Waals surface area contributed by atoms with Crippen LogP contribution in [0.1, 0.15) is 0 Å². The Kier molecular flexibility index (Phi) is 9.39. The van der Waals surface area contributed by atoms with Crippen molar-refractivity contribution in [2.24, 2.45) is 0 Å². The third kappa shape index (κ3) is 6.74. The molecule has 0 saturated heterocycles. The smallest absolute Gasteiger partial charge is 0.164 e. The number of fused-ring (bicyclic) bond motifs is 6. The van der Waals surface area contributed by atoms with E-state index in [0.29, 0.717) is 17.5 Å². The van der Waals surface area contributed by atoms with Crippen molar-refractivity contribution in [2.75, 3.05) is 0 Å². The molecule has 0 aliphatic heterocycles. The van der Waals surface area contributed by atoms with E-state index in [9.17, 15) is 0 Å². The van der Waals surface area contributed by atoms with Crippen LogP contribution in [0.15, 0.2) is 243 Å². The normalized spacial score (nSPS) is 11.5. The highest BCUT2D eigenvalue weighted by Gasteiger charge is 2.22. The Labute approximate surface area is 392 Å². The van der Waals surface area contributed by atoms with E-state index < -0.39 is 0 Å². The van der Waals surface area contributed by atoms with Crippen molar-refractivity contribution in [3.8, 4) is 84.6 Å². The number of rotatable bonds is 8. The third-order valence-electron chi connectivity index (χ3n) is 13.0. The molecule has 9 aromatic carbocycles. The molecule has 13 rings (SSSR count). The Morgan fingerprint density at radius 1 is 0.309 bits per heavy atom. The van der Waals surface area contributed by atoms with Gasteiger partial charge in [0, 0.05) is 55.2 Å². The number of hydrogen-bond acceptors (Lipinski definition) is 4. The molecule has 13 aromatic rings. The lowest BCUT2D eigenvalue weighted by molar-refractivity contribution is 0.979. The van der Waals surface area contributed by atoms with Gasteiger partial charge in [-0.1, -0.05) is 188 Å². The minimum absolute atomic E-state index is 0.604. The fourth-order valence-corrected chi connectivity index (χ4v) is 9.76. The molecule has 0 saturated carbocycles. The van der Waals surface area contributed by atoms with Gasteiger partial charge >= 0.3 is 0 Å². The van der Waals surface area contributed by atoms with Gasteiger partial charge in [-0.3, -0.25) is 0 Å². The average molecular weight is 869 g/mol. The zero-order chi connectivity index (χ0) is 45.0. The predicted octanol–water partition coefficient (Wildman–Crippen LogP) is 15.4. The molecule has 6 nitrogen and oxygen atoms in total. The molecular formula is C62H40N6. The number of para-hydroxylation sites is 2. The van der Waals surface area contributed by atoms with E-state index in [-0.39, 0.29) is 0 Å². The molecule has 0 aliphatic rings. The molecule has 68 heavy (non-hydrogen) atoms. The molecule has 0 aliphatic carbocycles. The van der Waals surface area contributed by atoms with Crippen molar-refractivity contribution >= 4 is 38.1 Å². The van der Waals surface area contributed by atoms with Crippen LogP contribution in [-0.2, 0) is 0 Å². The van der Waals surface area contributed by atoms with E-state index >= 15 is 0 Å². The van der Waals surface area contributed by atoms with E-state index in [1.54, 1.807) is 0 Å². The summed E-state index contributed by atoms with van der Waals surface area (Å²) in [4.78, 5) is 15.4. The molecule has 0 radical (unpaired) electrons. The maximum absolute atomic E-state index is 5.44. The SMILES string of the molecule is c1ccc(-c2nc(-c3ccc(-n4c5ccccc5c5ccccc54)cc3)nc(-c3cccc(-c4ccc5cc(-c6ccccc6)n6nc(-c7ccccc7)c(-c7ccccc7)c6c5c4)c3)n2)cc1. The van der Waals surface area contributed by atoms with E-state index in [1.165, 1.54) is 21.8 Å². The molecule has 0 bridgehead atoms. The summed E-state index contributed by atoms with van der Waals surface area (Å²) in [7, 11) is 0. The first kappa shape index (κ1) is 39.1. The summed E-state index contributed by atoms with van der Waals surface area (Å²) in [6.07, 6.45) is 0. The molecule has 318 valence electrons. The molecule has 6 heteroatoms. The van der Waals surface area contributed by atoms with Crippen molar-refractivity contribution < 1.29 is 0 Å². The van der Waals surface area contributed by atoms with Crippen LogP contribution in [0.4, 0.5) is 0 Å². The Bertz CT molecular complexity index is 3940. The van der Waals surface area contributed by atoms with Gasteiger partial charge in [-0.25, -0.2) is 19.5 Å². The molecule has 0 spiro atoms. The lowest BCUT2D eigenvalue weighted by Gasteiger charge is -2.13. The second kappa shape index (κ2) is 16.3. The summed E-state index contributed by atoms with van der Waals surface area (Å²) in [5.74, 6) is 1.83. The van der Waals surface area contributed by atoms with Gasteiger partial charge in [-0.15, -0.1) is 0 Å². The second-order valence-electron chi connectivity index (χ2n) is 17.1. The third-order valence-corrected chi connectivity index (χ3v) is 13.0. The quantitative estimate of drug-likeness (QED) is 0.153. The summed E-state index contributed by atoms with van der Waals surface area (Å²) >= 11 is 0. The van der Waals surface area contributed by atoms with Crippen molar-refractivity contribution in [2.45, 2.75) is 0 Å². The molecule has 0 unspecified atom stereocenters.